The standard InChI is InChI=1S/C11H16O4.4C10H14O4.5C9H12O4/c1-8(2)10(12)14-6-5-7-15-11(13)9(3)4;4*1-7(2)9(11)13-5-6-14-10(12)8(3)4;5*1-6(2)8(10)12-5-13-9(11)7(3)4/h1,3,5-7H2,2,4H3;4*1,3,5-6H2,2,4H3;5*1,3,5H2,2,4H3. The third kappa shape index (κ3) is 95.8. The molecule has 0 aromatic heterocycles. The molecule has 0 aliphatic rings. The van der Waals surface area contributed by atoms with Crippen LogP contribution in [-0.4, -0.2) is 219 Å². The van der Waals surface area contributed by atoms with Gasteiger partial charge in [-0.25, -0.2) is 95.9 Å². The Bertz CT molecular complexity index is 3630. The van der Waals surface area contributed by atoms with E-state index in [4.69, 9.17) is 9.47 Å². The average Bonchev–Trinajstić information content (AvgIpc) is 0.977. The van der Waals surface area contributed by atoms with Crippen LogP contribution in [0.15, 0.2) is 243 Å². The number of hydrogen-bond acceptors (Lipinski definition) is 40. The molecule has 40 nitrogen and oxygen atoms in total. The van der Waals surface area contributed by atoms with Gasteiger partial charge in [-0.15, -0.1) is 0 Å². The first-order valence-electron chi connectivity index (χ1n) is 39.0. The minimum Gasteiger partial charge on any atom is -0.462 e. The molecule has 0 N–H and O–H groups in total. The van der Waals surface area contributed by atoms with E-state index in [1.807, 2.05) is 0 Å². The smallest absolute Gasteiger partial charge is 0.335 e. The van der Waals surface area contributed by atoms with Crippen molar-refractivity contribution in [3.63, 3.8) is 0 Å². The van der Waals surface area contributed by atoms with E-state index in [1.165, 1.54) is 69.2 Å². The van der Waals surface area contributed by atoms with Crippen molar-refractivity contribution in [2.24, 2.45) is 0 Å². The lowest BCUT2D eigenvalue weighted by atomic mass is 10.3. The van der Waals surface area contributed by atoms with Crippen LogP contribution in [0.3, 0.4) is 0 Å². The van der Waals surface area contributed by atoms with Crippen LogP contribution in [0, 0.1) is 0 Å². The summed E-state index contributed by atoms with van der Waals surface area (Å²) in [5.41, 5.74) is 5.80. The third-order valence-corrected chi connectivity index (χ3v) is 11.8. The Kier molecular flexibility index (Phi) is 87.6. The van der Waals surface area contributed by atoms with Gasteiger partial charge in [0.05, 0.1) is 13.2 Å². The SMILES string of the molecule is C=C(C)C(=O)OCCCOC(=O)C(=C)C.C=C(C)C(=O)OCCOC(=O)C(=C)C.C=C(C)C(=O)OCCOC(=O)C(=C)C.C=C(C)C(=O)OCCOC(=O)C(=C)C.C=C(C)C(=O)OCCOC(=O)C(=C)C.C=C(C)C(=O)OCOC(=O)C(=C)C.C=C(C)C(=O)OCOC(=O)C(=C)C.C=C(C)C(=O)OCOC(=O)C(=C)C.C=C(C)C(=O)OCOC(=O)C(=C)C.C=C(C)C(=O)OCOC(=O)C(=C)C. The molecule has 0 aromatic carbocycles. The molecule has 0 rings (SSSR count). The van der Waals surface area contributed by atoms with E-state index in [0.29, 0.717) is 62.2 Å². The van der Waals surface area contributed by atoms with Gasteiger partial charge in [-0.05, 0) is 138 Å². The molecule has 0 saturated carbocycles. The number of carbonyl (C=O) groups excluding carboxylic acids is 20. The fourth-order valence-electron chi connectivity index (χ4n) is 4.61. The molecule has 0 fully saturated rings. The predicted octanol–water partition coefficient (Wildman–Crippen LogP) is 12.4. The second-order valence-corrected chi connectivity index (χ2v) is 27.2. The molecule has 40 heteroatoms. The zero-order chi connectivity index (χ0) is 109. The predicted molar refractivity (Wildman–Crippen MR) is 496 cm³/mol. The molecule has 0 spiro atoms. The molecule has 0 amide bonds. The molecule has 0 aliphatic carbocycles. The minimum absolute atomic E-state index is 0.0325. The summed E-state index contributed by atoms with van der Waals surface area (Å²) in [6.45, 7) is 96.8. The monoisotopic (exact) mass is 1920 g/mol. The molecule has 0 saturated heterocycles. The Morgan fingerprint density at radius 2 is 0.169 bits per heavy atom. The number of esters is 20. The molecule has 756 valence electrons. The fourth-order valence-corrected chi connectivity index (χ4v) is 4.61. The van der Waals surface area contributed by atoms with Crippen LogP contribution in [0.4, 0.5) is 0 Å². The van der Waals surface area contributed by atoms with Gasteiger partial charge >= 0.3 is 119 Å². The van der Waals surface area contributed by atoms with Gasteiger partial charge in [-0.1, -0.05) is 132 Å². The van der Waals surface area contributed by atoms with Crippen LogP contribution < -0.4 is 0 Å². The van der Waals surface area contributed by atoms with Crippen molar-refractivity contribution in [3.8, 4) is 0 Å². The Labute approximate surface area is 794 Å². The van der Waals surface area contributed by atoms with Crippen LogP contribution in [0.25, 0.3) is 0 Å². The molecular weight excluding hydrogens is 1790 g/mol. The van der Waals surface area contributed by atoms with E-state index in [-0.39, 0.29) is 122 Å². The molecule has 0 radical (unpaired) electrons. The van der Waals surface area contributed by atoms with Gasteiger partial charge in [-0.2, -0.15) is 0 Å². The van der Waals surface area contributed by atoms with Gasteiger partial charge in [0.1, 0.15) is 52.9 Å². The molecule has 0 unspecified atom stereocenters. The molecule has 0 aromatic rings. The van der Waals surface area contributed by atoms with E-state index in [0.717, 1.165) is 0 Å². The quantitative estimate of drug-likeness (QED) is 0.0180. The van der Waals surface area contributed by atoms with E-state index in [9.17, 15) is 95.9 Å². The Morgan fingerprint density at radius 3 is 0.235 bits per heavy atom. The summed E-state index contributed by atoms with van der Waals surface area (Å²) in [5, 5.41) is 0. The summed E-state index contributed by atoms with van der Waals surface area (Å²) in [6.07, 6.45) is 0.470. The van der Waals surface area contributed by atoms with Gasteiger partial charge in [0.2, 0.25) is 34.0 Å². The second-order valence-electron chi connectivity index (χ2n) is 27.2. The topological polar surface area (TPSA) is 526 Å². The normalized spacial score (nSPS) is 8.91. The molecular formula is C96H132O40. The van der Waals surface area contributed by atoms with E-state index >= 15 is 0 Å². The number of rotatable bonds is 46. The highest BCUT2D eigenvalue weighted by Gasteiger charge is 2.15. The van der Waals surface area contributed by atoms with Crippen molar-refractivity contribution < 1.29 is 191 Å². The van der Waals surface area contributed by atoms with Crippen molar-refractivity contribution in [2.45, 2.75) is 145 Å². The maximum atomic E-state index is 10.9. The molecule has 0 bridgehead atoms. The van der Waals surface area contributed by atoms with Crippen molar-refractivity contribution in [1.29, 1.82) is 0 Å². The first kappa shape index (κ1) is 141. The second kappa shape index (κ2) is 84.7. The highest BCUT2D eigenvalue weighted by atomic mass is 16.7. The van der Waals surface area contributed by atoms with Crippen molar-refractivity contribution in [1.82, 2.24) is 0 Å². The zero-order valence-electron chi connectivity index (χ0n) is 81.8. The van der Waals surface area contributed by atoms with Crippen LogP contribution >= 0.6 is 0 Å². The number of carbonyl (C=O) groups is 20. The van der Waals surface area contributed by atoms with E-state index < -0.39 is 153 Å². The first-order valence-corrected chi connectivity index (χ1v) is 39.0. The summed E-state index contributed by atoms with van der Waals surface area (Å²) in [5.74, 6) is -10.7. The van der Waals surface area contributed by atoms with Crippen LogP contribution in [0.5, 0.6) is 0 Å². The van der Waals surface area contributed by atoms with Gasteiger partial charge in [-0.3, -0.25) is 0 Å². The summed E-state index contributed by atoms with van der Waals surface area (Å²) in [4.78, 5) is 216. The molecule has 0 heterocycles. The highest BCUT2D eigenvalue weighted by molar-refractivity contribution is 5.94. The number of ether oxygens (including phenoxy) is 20. The van der Waals surface area contributed by atoms with Crippen LogP contribution in [-0.2, 0) is 191 Å². The largest absolute Gasteiger partial charge is 0.462 e. The van der Waals surface area contributed by atoms with Gasteiger partial charge in [0.25, 0.3) is 0 Å². The average molecular weight is 1930 g/mol. The maximum absolute atomic E-state index is 10.9. The Balaban J connectivity index is -0.000000162. The third-order valence-electron chi connectivity index (χ3n) is 11.8. The lowest BCUT2D eigenvalue weighted by molar-refractivity contribution is -0.163. The van der Waals surface area contributed by atoms with Crippen LogP contribution in [0.2, 0.25) is 0 Å². The van der Waals surface area contributed by atoms with Crippen molar-refractivity contribution in [3.05, 3.63) is 243 Å². The minimum atomic E-state index is -0.588. The highest BCUT2D eigenvalue weighted by Crippen LogP contribution is 2.06. The van der Waals surface area contributed by atoms with E-state index in [1.54, 1.807) is 69.2 Å². The van der Waals surface area contributed by atoms with Gasteiger partial charge in [0.15, 0.2) is 0 Å². The summed E-state index contributed by atoms with van der Waals surface area (Å²) >= 11 is 0. The molecule has 0 aliphatic heterocycles. The van der Waals surface area contributed by atoms with E-state index in [2.05, 4.69) is 217 Å². The Hall–Kier alpha value is -15.8. The molecule has 136 heavy (non-hydrogen) atoms. The first-order chi connectivity index (χ1) is 62.5. The summed E-state index contributed by atoms with van der Waals surface area (Å²) in [6, 6.07) is 0. The summed E-state index contributed by atoms with van der Waals surface area (Å²) in [7, 11) is 0. The Morgan fingerprint density at radius 1 is 0.110 bits per heavy atom. The van der Waals surface area contributed by atoms with Gasteiger partial charge < -0.3 is 94.7 Å². The lowest BCUT2D eigenvalue weighted by Gasteiger charge is -2.05. The number of hydrogen-bond donors (Lipinski definition) is 0. The van der Waals surface area contributed by atoms with Crippen molar-refractivity contribution >= 4 is 119 Å². The zero-order valence-corrected chi connectivity index (χ0v) is 81.8. The maximum Gasteiger partial charge on any atom is 0.335 e. The lowest BCUT2D eigenvalue weighted by Crippen LogP contribution is -2.14. The summed E-state index contributed by atoms with van der Waals surface area (Å²) < 4.78 is 92.1. The fraction of sp³-hybridized carbons (Fsp3) is 0.375. The van der Waals surface area contributed by atoms with Crippen LogP contribution in [0.1, 0.15) is 145 Å². The van der Waals surface area contributed by atoms with Crippen molar-refractivity contribution in [2.75, 3.05) is 100 Å². The van der Waals surface area contributed by atoms with Gasteiger partial charge in [0, 0.05) is 118 Å². The molecule has 0 atom stereocenters.